The second kappa shape index (κ2) is 8.96. The molecule has 2 N–H and O–H groups in total. The van der Waals surface area contributed by atoms with E-state index in [9.17, 15) is 14.8 Å². The quantitative estimate of drug-likeness (QED) is 0.591. The van der Waals surface area contributed by atoms with E-state index >= 15 is 0 Å². The summed E-state index contributed by atoms with van der Waals surface area (Å²) in [4.78, 5) is 0. The van der Waals surface area contributed by atoms with Gasteiger partial charge in [0, 0.05) is 10.6 Å². The first kappa shape index (κ1) is 19.4. The van der Waals surface area contributed by atoms with Crippen molar-refractivity contribution in [3.63, 3.8) is 0 Å². The van der Waals surface area contributed by atoms with Crippen molar-refractivity contribution in [1.29, 1.82) is 0 Å². The van der Waals surface area contributed by atoms with Crippen LogP contribution in [0.2, 0.25) is 0 Å². The average Bonchev–Trinajstić information content (AvgIpc) is 2.63. The molecule has 0 heterocycles. The number of hydrogen-bond donors (Lipinski definition) is 2. The number of rotatable bonds is 7. The van der Waals surface area contributed by atoms with Gasteiger partial charge >= 0.3 is 0 Å². The van der Waals surface area contributed by atoms with Crippen LogP contribution in [0.4, 0.5) is 0 Å². The number of allylic oxidation sites excluding steroid dienone is 2. The van der Waals surface area contributed by atoms with Gasteiger partial charge in [-0.25, -0.2) is 0 Å². The Kier molecular flexibility index (Phi) is 6.95. The fraction of sp³-hybridized carbons (Fsp3) is 0.238. The van der Waals surface area contributed by atoms with E-state index in [1.807, 2.05) is 36.4 Å². The molecule has 0 saturated carbocycles. The van der Waals surface area contributed by atoms with Crippen molar-refractivity contribution in [2.45, 2.75) is 31.7 Å². The summed E-state index contributed by atoms with van der Waals surface area (Å²) in [5.74, 6) is 0. The third-order valence-electron chi connectivity index (χ3n) is 4.18. The maximum atomic E-state index is 14.4. The summed E-state index contributed by atoms with van der Waals surface area (Å²) in [5, 5.41) is 22.7. The molecule has 2 aromatic rings. The molecule has 0 aliphatic heterocycles. The summed E-state index contributed by atoms with van der Waals surface area (Å²) < 4.78 is 14.4. The molecule has 3 nitrogen and oxygen atoms in total. The fourth-order valence-electron chi connectivity index (χ4n) is 3.05. The van der Waals surface area contributed by atoms with Gasteiger partial charge in [-0.15, -0.1) is 0 Å². The Morgan fingerprint density at radius 2 is 1.12 bits per heavy atom. The van der Waals surface area contributed by atoms with Gasteiger partial charge in [-0.2, -0.15) is 0 Å². The Labute approximate surface area is 149 Å². The van der Waals surface area contributed by atoms with Gasteiger partial charge in [0.15, 0.2) is 7.14 Å². The van der Waals surface area contributed by atoms with Crippen LogP contribution in [-0.4, -0.2) is 28.1 Å². The highest BCUT2D eigenvalue weighted by Gasteiger charge is 2.43. The normalized spacial score (nSPS) is 15.1. The predicted molar refractivity (Wildman–Crippen MR) is 105 cm³/mol. The lowest BCUT2D eigenvalue weighted by Gasteiger charge is -2.33. The second-order valence-corrected chi connectivity index (χ2v) is 8.80. The van der Waals surface area contributed by atoms with E-state index < -0.39 is 25.0 Å². The molecule has 0 bridgehead atoms. The van der Waals surface area contributed by atoms with Crippen molar-refractivity contribution in [2.24, 2.45) is 0 Å². The van der Waals surface area contributed by atoms with Gasteiger partial charge in [-0.3, -0.25) is 0 Å². The maximum absolute atomic E-state index is 14.4. The van der Waals surface area contributed by atoms with Crippen molar-refractivity contribution >= 4 is 17.8 Å². The first-order valence-electron chi connectivity index (χ1n) is 8.38. The highest BCUT2D eigenvalue weighted by molar-refractivity contribution is 7.79. The minimum atomic E-state index is -3.31. The van der Waals surface area contributed by atoms with Crippen LogP contribution < -0.4 is 10.6 Å². The van der Waals surface area contributed by atoms with Crippen LogP contribution in [0.25, 0.3) is 0 Å². The van der Waals surface area contributed by atoms with E-state index in [0.29, 0.717) is 10.6 Å². The third kappa shape index (κ3) is 4.19. The van der Waals surface area contributed by atoms with E-state index in [2.05, 4.69) is 0 Å². The third-order valence-corrected chi connectivity index (χ3v) is 7.76. The summed E-state index contributed by atoms with van der Waals surface area (Å²) in [6, 6.07) is 18.2. The van der Waals surface area contributed by atoms with Crippen LogP contribution >= 0.6 is 7.14 Å². The van der Waals surface area contributed by atoms with Gasteiger partial charge in [-0.1, -0.05) is 85.0 Å². The molecule has 0 fully saturated rings. The molecule has 2 rings (SSSR count). The number of aliphatic hydroxyl groups excluding tert-OH is 2. The highest BCUT2D eigenvalue weighted by Crippen LogP contribution is 2.51. The predicted octanol–water partition coefficient (Wildman–Crippen LogP) is 3.24. The van der Waals surface area contributed by atoms with Gasteiger partial charge in [0.2, 0.25) is 0 Å². The summed E-state index contributed by atoms with van der Waals surface area (Å²) in [7, 11) is -3.31. The fourth-order valence-corrected chi connectivity index (χ4v) is 6.32. The zero-order valence-electron chi connectivity index (χ0n) is 14.6. The van der Waals surface area contributed by atoms with Crippen molar-refractivity contribution in [3.8, 4) is 0 Å². The molecule has 2 atom stereocenters. The van der Waals surface area contributed by atoms with Crippen molar-refractivity contribution < 1.29 is 14.8 Å². The van der Waals surface area contributed by atoms with E-state index in [-0.39, 0.29) is 0 Å². The molecule has 0 unspecified atom stereocenters. The lowest BCUT2D eigenvalue weighted by molar-refractivity contribution is 0.137. The van der Waals surface area contributed by atoms with Gasteiger partial charge in [0.05, 0.1) is 17.9 Å². The molecule has 132 valence electrons. The van der Waals surface area contributed by atoms with Crippen LogP contribution in [0.5, 0.6) is 0 Å². The minimum Gasteiger partial charge on any atom is -0.388 e. The summed E-state index contributed by atoms with van der Waals surface area (Å²) in [6.07, 6.45) is 4.50. The Morgan fingerprint density at radius 3 is 1.44 bits per heavy atom. The van der Waals surface area contributed by atoms with E-state index in [4.69, 9.17) is 0 Å². The number of hydrogen-bond acceptors (Lipinski definition) is 3. The summed E-state index contributed by atoms with van der Waals surface area (Å²) in [5.41, 5.74) is -0.871. The second-order valence-electron chi connectivity index (χ2n) is 5.85. The molecule has 0 radical (unpaired) electrons. The molecule has 0 aliphatic rings. The molecule has 0 spiro atoms. The monoisotopic (exact) mass is 356 g/mol. The molecule has 25 heavy (non-hydrogen) atoms. The first-order valence-corrected chi connectivity index (χ1v) is 10.2. The molecule has 0 aliphatic carbocycles. The van der Waals surface area contributed by atoms with E-state index in [1.165, 1.54) is 0 Å². The van der Waals surface area contributed by atoms with Crippen molar-refractivity contribution in [3.05, 3.63) is 85.0 Å². The first-order chi connectivity index (χ1) is 12.1. The lowest BCUT2D eigenvalue weighted by atomic mass is 10.1. The van der Waals surface area contributed by atoms with Gasteiger partial charge < -0.3 is 14.8 Å². The number of aliphatic hydroxyl groups is 2. The molecule has 0 amide bonds. The van der Waals surface area contributed by atoms with Crippen LogP contribution in [0.3, 0.4) is 0 Å². The van der Waals surface area contributed by atoms with E-state index in [1.54, 1.807) is 62.4 Å². The zero-order chi connectivity index (χ0) is 18.3. The SMILES string of the molecule is C/C=C/[C@H](O)C([C@@H](O)/C=C/C)P(=O)(c1ccccc1)c1ccccc1. The lowest BCUT2D eigenvalue weighted by Crippen LogP contribution is -2.41. The topological polar surface area (TPSA) is 57.5 Å². The summed E-state index contributed by atoms with van der Waals surface area (Å²) in [6.45, 7) is 3.58. The van der Waals surface area contributed by atoms with Crippen molar-refractivity contribution in [2.75, 3.05) is 0 Å². The van der Waals surface area contributed by atoms with Gasteiger partial charge in [0.25, 0.3) is 0 Å². The molecular weight excluding hydrogens is 331 g/mol. The Morgan fingerprint density at radius 1 is 0.760 bits per heavy atom. The molecule has 0 saturated heterocycles. The average molecular weight is 356 g/mol. The Hall–Kier alpha value is -1.93. The zero-order valence-corrected chi connectivity index (χ0v) is 15.5. The van der Waals surface area contributed by atoms with Crippen LogP contribution in [0.1, 0.15) is 13.8 Å². The van der Waals surface area contributed by atoms with Crippen LogP contribution in [0.15, 0.2) is 85.0 Å². The standard InChI is InChI=1S/C21H25O3P/c1-3-11-19(22)21(20(23)12-4-2)25(24,17-13-7-5-8-14-17)18-15-9-6-10-16-18/h3-16,19-23H,1-2H3/b11-3+,12-4+/t19-,20-/m0/s1. The van der Waals surface area contributed by atoms with Gasteiger partial charge in [0.1, 0.15) is 0 Å². The van der Waals surface area contributed by atoms with Crippen LogP contribution in [0, 0.1) is 0 Å². The Balaban J connectivity index is 2.72. The molecule has 0 aromatic heterocycles. The van der Waals surface area contributed by atoms with Gasteiger partial charge in [-0.05, 0) is 13.8 Å². The maximum Gasteiger partial charge on any atom is 0.151 e. The van der Waals surface area contributed by atoms with Crippen molar-refractivity contribution in [1.82, 2.24) is 0 Å². The smallest absolute Gasteiger partial charge is 0.151 e. The molecule has 4 heteroatoms. The van der Waals surface area contributed by atoms with Crippen LogP contribution in [-0.2, 0) is 4.57 Å². The van der Waals surface area contributed by atoms with E-state index in [0.717, 1.165) is 0 Å². The molecular formula is C21H25O3P. The molecule has 2 aromatic carbocycles. The Bertz CT molecular complexity index is 692. The minimum absolute atomic E-state index is 0.623. The highest BCUT2D eigenvalue weighted by atomic mass is 31.2. The summed E-state index contributed by atoms with van der Waals surface area (Å²) >= 11 is 0. The number of benzene rings is 2. The largest absolute Gasteiger partial charge is 0.388 e.